The van der Waals surface area contributed by atoms with Crippen molar-refractivity contribution in [1.82, 2.24) is 10.2 Å². The molecule has 15 heavy (non-hydrogen) atoms. The second-order valence-corrected chi connectivity index (χ2v) is 7.61. The van der Waals surface area contributed by atoms with Crippen LogP contribution in [-0.4, -0.2) is 40.2 Å². The van der Waals surface area contributed by atoms with E-state index in [9.17, 15) is 0 Å². The van der Waals surface area contributed by atoms with Crippen LogP contribution in [0.15, 0.2) is 0 Å². The first kappa shape index (κ1) is 10.4. The molecule has 3 rings (SSSR count). The first-order valence-corrected chi connectivity index (χ1v) is 7.14. The Bertz CT molecular complexity index is 263. The molecule has 3 aliphatic rings. The van der Waals surface area contributed by atoms with Crippen molar-refractivity contribution in [2.75, 3.05) is 12.8 Å². The third kappa shape index (κ3) is 1.63. The second kappa shape index (κ2) is 3.14. The molecule has 3 heteroatoms. The van der Waals surface area contributed by atoms with E-state index in [2.05, 4.69) is 42.9 Å². The minimum Gasteiger partial charge on any atom is -0.300 e. The molecular formula is C12H22N2S. The average molecular weight is 226 g/mol. The van der Waals surface area contributed by atoms with Crippen molar-refractivity contribution < 1.29 is 0 Å². The Morgan fingerprint density at radius 3 is 2.27 bits per heavy atom. The standard InChI is InChI=1S/C12H22N2S/c1-11(2)8-15-12(13-11)6-9-4-5-10(7-12)14(9)3/h9-10,13H,4-8H2,1-3H3. The van der Waals surface area contributed by atoms with E-state index in [1.54, 1.807) is 0 Å². The molecule has 3 heterocycles. The minimum atomic E-state index is 0.347. The van der Waals surface area contributed by atoms with E-state index in [0.717, 1.165) is 12.1 Å². The van der Waals surface area contributed by atoms with Gasteiger partial charge in [0.05, 0.1) is 4.87 Å². The molecule has 1 N–H and O–H groups in total. The van der Waals surface area contributed by atoms with E-state index in [0.29, 0.717) is 10.4 Å². The van der Waals surface area contributed by atoms with Crippen LogP contribution in [0, 0.1) is 0 Å². The highest BCUT2D eigenvalue weighted by atomic mass is 32.2. The van der Waals surface area contributed by atoms with Crippen molar-refractivity contribution in [2.45, 2.75) is 62.0 Å². The van der Waals surface area contributed by atoms with Gasteiger partial charge in [0.25, 0.3) is 0 Å². The maximum atomic E-state index is 3.90. The molecule has 2 unspecified atom stereocenters. The molecule has 0 radical (unpaired) electrons. The van der Waals surface area contributed by atoms with Gasteiger partial charge in [0.2, 0.25) is 0 Å². The van der Waals surface area contributed by atoms with Crippen molar-refractivity contribution in [3.63, 3.8) is 0 Å². The van der Waals surface area contributed by atoms with Crippen LogP contribution in [0.4, 0.5) is 0 Å². The van der Waals surface area contributed by atoms with Crippen LogP contribution in [0.25, 0.3) is 0 Å². The summed E-state index contributed by atoms with van der Waals surface area (Å²) in [5, 5.41) is 3.90. The van der Waals surface area contributed by atoms with Gasteiger partial charge in [0.15, 0.2) is 0 Å². The lowest BCUT2D eigenvalue weighted by Gasteiger charge is -2.43. The van der Waals surface area contributed by atoms with Gasteiger partial charge >= 0.3 is 0 Å². The Hall–Kier alpha value is 0.270. The van der Waals surface area contributed by atoms with Gasteiger partial charge in [-0.1, -0.05) is 0 Å². The molecule has 0 aromatic rings. The van der Waals surface area contributed by atoms with Crippen molar-refractivity contribution in [3.8, 4) is 0 Å². The summed E-state index contributed by atoms with van der Waals surface area (Å²) in [4.78, 5) is 3.04. The highest BCUT2D eigenvalue weighted by Gasteiger charge is 2.52. The summed E-state index contributed by atoms with van der Waals surface area (Å²) in [6.45, 7) is 4.68. The monoisotopic (exact) mass is 226 g/mol. The lowest BCUT2D eigenvalue weighted by molar-refractivity contribution is 0.128. The van der Waals surface area contributed by atoms with Gasteiger partial charge < -0.3 is 4.90 Å². The fourth-order valence-electron chi connectivity index (χ4n) is 3.65. The van der Waals surface area contributed by atoms with Crippen LogP contribution in [0.3, 0.4) is 0 Å². The SMILES string of the molecule is CN1C2CCC1CC1(C2)NC(C)(C)CS1. The van der Waals surface area contributed by atoms with Crippen LogP contribution < -0.4 is 5.32 Å². The van der Waals surface area contributed by atoms with Crippen molar-refractivity contribution in [3.05, 3.63) is 0 Å². The summed E-state index contributed by atoms with van der Waals surface area (Å²) < 4.78 is 0. The predicted molar refractivity (Wildman–Crippen MR) is 66.2 cm³/mol. The van der Waals surface area contributed by atoms with E-state index < -0.39 is 0 Å². The molecule has 0 aliphatic carbocycles. The summed E-state index contributed by atoms with van der Waals surface area (Å²) in [7, 11) is 2.32. The molecule has 1 spiro atoms. The molecule has 0 aromatic carbocycles. The molecule has 0 aromatic heterocycles. The molecule has 86 valence electrons. The predicted octanol–water partition coefficient (Wildman–Crippen LogP) is 2.05. The molecule has 2 nitrogen and oxygen atoms in total. The minimum absolute atomic E-state index is 0.347. The topological polar surface area (TPSA) is 15.3 Å². The summed E-state index contributed by atoms with van der Waals surface area (Å²) >= 11 is 2.18. The molecular weight excluding hydrogens is 204 g/mol. The highest BCUT2D eigenvalue weighted by molar-refractivity contribution is 8.01. The molecule has 2 atom stereocenters. The van der Waals surface area contributed by atoms with Crippen LogP contribution in [-0.2, 0) is 0 Å². The number of rotatable bonds is 0. The van der Waals surface area contributed by atoms with Crippen molar-refractivity contribution >= 4 is 11.8 Å². The number of nitrogens with one attached hydrogen (secondary N) is 1. The first-order valence-electron chi connectivity index (χ1n) is 6.15. The zero-order valence-electron chi connectivity index (χ0n) is 10.0. The van der Waals surface area contributed by atoms with Crippen LogP contribution in [0.2, 0.25) is 0 Å². The zero-order valence-corrected chi connectivity index (χ0v) is 10.9. The maximum absolute atomic E-state index is 3.90. The molecule has 3 aliphatic heterocycles. The maximum Gasteiger partial charge on any atom is 0.0680 e. The largest absolute Gasteiger partial charge is 0.300 e. The lowest BCUT2D eigenvalue weighted by atomic mass is 9.94. The molecule has 0 saturated carbocycles. The summed E-state index contributed by atoms with van der Waals surface area (Å²) in [6.07, 6.45) is 5.55. The van der Waals surface area contributed by atoms with Gasteiger partial charge in [0, 0.05) is 23.4 Å². The third-order valence-corrected chi connectivity index (χ3v) is 6.25. The number of nitrogens with zero attached hydrogens (tertiary/aromatic N) is 1. The number of fused-ring (bicyclic) bond motifs is 2. The Morgan fingerprint density at radius 1 is 1.20 bits per heavy atom. The van der Waals surface area contributed by atoms with Gasteiger partial charge in [-0.15, -0.1) is 11.8 Å². The summed E-state index contributed by atoms with van der Waals surface area (Å²) in [6, 6.07) is 1.69. The van der Waals surface area contributed by atoms with E-state index >= 15 is 0 Å². The third-order valence-electron chi connectivity index (χ3n) is 4.39. The second-order valence-electron chi connectivity index (χ2n) is 6.25. The van der Waals surface area contributed by atoms with Gasteiger partial charge in [-0.2, -0.15) is 0 Å². The first-order chi connectivity index (χ1) is 7.00. The smallest absolute Gasteiger partial charge is 0.0680 e. The molecule has 0 amide bonds. The highest BCUT2D eigenvalue weighted by Crippen LogP contribution is 2.49. The lowest BCUT2D eigenvalue weighted by Crippen LogP contribution is -2.56. The Kier molecular flexibility index (Phi) is 2.19. The van der Waals surface area contributed by atoms with E-state index in [-0.39, 0.29) is 0 Å². The Balaban J connectivity index is 1.80. The normalized spacial score (nSPS) is 49.0. The quantitative estimate of drug-likeness (QED) is 0.680. The van der Waals surface area contributed by atoms with Gasteiger partial charge in [-0.05, 0) is 46.6 Å². The van der Waals surface area contributed by atoms with Gasteiger partial charge in [-0.25, -0.2) is 0 Å². The molecule has 2 bridgehead atoms. The van der Waals surface area contributed by atoms with Crippen LogP contribution in [0.1, 0.15) is 39.5 Å². The van der Waals surface area contributed by atoms with Crippen LogP contribution >= 0.6 is 11.8 Å². The molecule has 3 saturated heterocycles. The average Bonchev–Trinajstić information content (AvgIpc) is 2.55. The number of piperidine rings is 1. The van der Waals surface area contributed by atoms with E-state index in [4.69, 9.17) is 0 Å². The van der Waals surface area contributed by atoms with Crippen molar-refractivity contribution in [2.24, 2.45) is 0 Å². The Morgan fingerprint density at radius 2 is 1.80 bits per heavy atom. The number of thioether (sulfide) groups is 1. The van der Waals surface area contributed by atoms with Gasteiger partial charge in [0.1, 0.15) is 0 Å². The zero-order chi connectivity index (χ0) is 10.7. The number of hydrogen-bond acceptors (Lipinski definition) is 3. The van der Waals surface area contributed by atoms with Crippen molar-refractivity contribution in [1.29, 1.82) is 0 Å². The fourth-order valence-corrected chi connectivity index (χ4v) is 5.33. The summed E-state index contributed by atoms with van der Waals surface area (Å²) in [5.41, 5.74) is 0.347. The van der Waals surface area contributed by atoms with E-state index in [1.165, 1.54) is 31.4 Å². The van der Waals surface area contributed by atoms with E-state index in [1.807, 2.05) is 0 Å². The Labute approximate surface area is 97.2 Å². The van der Waals surface area contributed by atoms with Gasteiger partial charge in [-0.3, -0.25) is 5.32 Å². The molecule has 3 fully saturated rings. The summed E-state index contributed by atoms with van der Waals surface area (Å²) in [5.74, 6) is 1.27. The van der Waals surface area contributed by atoms with Crippen LogP contribution in [0.5, 0.6) is 0 Å². The number of hydrogen-bond donors (Lipinski definition) is 1. The fraction of sp³-hybridized carbons (Fsp3) is 1.00.